The van der Waals surface area contributed by atoms with E-state index in [0.717, 1.165) is 35.0 Å². The van der Waals surface area contributed by atoms with E-state index in [9.17, 15) is 9.59 Å². The molecule has 1 aliphatic carbocycles. The van der Waals surface area contributed by atoms with Crippen LogP contribution < -0.4 is 10.9 Å². The van der Waals surface area contributed by atoms with Crippen molar-refractivity contribution in [3.63, 3.8) is 0 Å². The van der Waals surface area contributed by atoms with Crippen molar-refractivity contribution >= 4 is 28.4 Å². The Morgan fingerprint density at radius 2 is 2.07 bits per heavy atom. The zero-order valence-corrected chi connectivity index (χ0v) is 17.0. The van der Waals surface area contributed by atoms with E-state index in [2.05, 4.69) is 15.0 Å². The molecule has 0 bridgehead atoms. The number of hydrogen-bond acceptors (Lipinski definition) is 3. The number of amides is 1. The fourth-order valence-corrected chi connectivity index (χ4v) is 4.01. The second-order valence-corrected chi connectivity index (χ2v) is 8.04. The summed E-state index contributed by atoms with van der Waals surface area (Å²) < 4.78 is 3.37. The molecule has 0 spiro atoms. The van der Waals surface area contributed by atoms with Crippen LogP contribution in [0.4, 0.5) is 0 Å². The molecule has 146 valence electrons. The minimum atomic E-state index is -0.255. The van der Waals surface area contributed by atoms with Crippen LogP contribution in [-0.2, 0) is 11.3 Å². The second-order valence-electron chi connectivity index (χ2n) is 7.61. The molecule has 6 nitrogen and oxygen atoms in total. The number of halogens is 1. The maximum Gasteiger partial charge on any atom is 0.276 e. The van der Waals surface area contributed by atoms with Crippen LogP contribution in [-0.4, -0.2) is 20.3 Å². The molecule has 1 aromatic carbocycles. The van der Waals surface area contributed by atoms with Crippen LogP contribution in [0.1, 0.15) is 48.5 Å². The van der Waals surface area contributed by atoms with E-state index in [4.69, 9.17) is 11.6 Å². The minimum Gasteiger partial charge on any atom is -0.348 e. The van der Waals surface area contributed by atoms with Crippen LogP contribution in [0.3, 0.4) is 0 Å². The highest BCUT2D eigenvalue weighted by atomic mass is 35.5. The van der Waals surface area contributed by atoms with Crippen molar-refractivity contribution in [1.82, 2.24) is 19.7 Å². The largest absolute Gasteiger partial charge is 0.348 e. The summed E-state index contributed by atoms with van der Waals surface area (Å²) in [6, 6.07) is 5.86. The number of benzene rings is 1. The number of hydrogen-bond donors (Lipinski definition) is 1. The standard InChI is InChI=1S/C21H23ClN4O2/c1-12-8-15(22)4-7-17(12)14(3)24-19(27)11-26-21(28)20-13(2)10-25(16-5-6-16)18(20)9-23-26/h4,7-10,14,16H,5-6,11H2,1-3H3,(H,24,27)/t14-/m0/s1. The van der Waals surface area contributed by atoms with E-state index in [0.29, 0.717) is 16.5 Å². The minimum absolute atomic E-state index is 0.111. The third-order valence-corrected chi connectivity index (χ3v) is 5.57. The molecule has 1 amide bonds. The Balaban J connectivity index is 1.54. The molecule has 2 aromatic heterocycles. The van der Waals surface area contributed by atoms with Gasteiger partial charge >= 0.3 is 0 Å². The van der Waals surface area contributed by atoms with Gasteiger partial charge in [-0.3, -0.25) is 9.59 Å². The third-order valence-electron chi connectivity index (χ3n) is 5.34. The molecule has 0 unspecified atom stereocenters. The lowest BCUT2D eigenvalue weighted by atomic mass is 10.0. The van der Waals surface area contributed by atoms with Gasteiger partial charge in [-0.1, -0.05) is 17.7 Å². The topological polar surface area (TPSA) is 68.9 Å². The molecule has 28 heavy (non-hydrogen) atoms. The number of rotatable bonds is 5. The summed E-state index contributed by atoms with van der Waals surface area (Å²) in [6.45, 7) is 5.68. The van der Waals surface area contributed by atoms with Crippen molar-refractivity contribution in [2.75, 3.05) is 0 Å². The summed E-state index contributed by atoms with van der Waals surface area (Å²) in [5, 5.41) is 8.50. The normalized spacial score (nSPS) is 15.0. The zero-order valence-electron chi connectivity index (χ0n) is 16.2. The highest BCUT2D eigenvalue weighted by Gasteiger charge is 2.26. The van der Waals surface area contributed by atoms with Gasteiger partial charge in [-0.25, -0.2) is 4.68 Å². The van der Waals surface area contributed by atoms with Gasteiger partial charge < -0.3 is 9.88 Å². The molecular weight excluding hydrogens is 376 g/mol. The van der Waals surface area contributed by atoms with Gasteiger partial charge in [0.15, 0.2) is 0 Å². The van der Waals surface area contributed by atoms with Crippen LogP contribution in [0.2, 0.25) is 5.02 Å². The van der Waals surface area contributed by atoms with Crippen molar-refractivity contribution in [3.8, 4) is 0 Å². The van der Waals surface area contributed by atoms with Gasteiger partial charge in [0.05, 0.1) is 23.1 Å². The Bertz CT molecular complexity index is 1130. The predicted molar refractivity (Wildman–Crippen MR) is 110 cm³/mol. The van der Waals surface area contributed by atoms with Crippen molar-refractivity contribution < 1.29 is 4.79 Å². The first kappa shape index (κ1) is 18.7. The van der Waals surface area contributed by atoms with Gasteiger partial charge in [0, 0.05) is 17.3 Å². The average Bonchev–Trinajstić information content (AvgIpc) is 3.41. The predicted octanol–water partition coefficient (Wildman–Crippen LogP) is 3.68. The van der Waals surface area contributed by atoms with Gasteiger partial charge in [-0.05, 0) is 62.4 Å². The van der Waals surface area contributed by atoms with Gasteiger partial charge in [0.25, 0.3) is 5.56 Å². The molecule has 4 rings (SSSR count). The van der Waals surface area contributed by atoms with Crippen LogP contribution in [0.5, 0.6) is 0 Å². The molecule has 7 heteroatoms. The Labute approximate surface area is 168 Å². The molecule has 0 radical (unpaired) electrons. The lowest BCUT2D eigenvalue weighted by Crippen LogP contribution is -2.35. The first-order valence-corrected chi connectivity index (χ1v) is 9.85. The lowest BCUT2D eigenvalue weighted by molar-refractivity contribution is -0.122. The van der Waals surface area contributed by atoms with Crippen molar-refractivity contribution in [1.29, 1.82) is 0 Å². The molecule has 3 aromatic rings. The van der Waals surface area contributed by atoms with Gasteiger partial charge in [-0.2, -0.15) is 5.10 Å². The molecule has 2 heterocycles. The van der Waals surface area contributed by atoms with Gasteiger partial charge in [0.1, 0.15) is 6.54 Å². The van der Waals surface area contributed by atoms with E-state index >= 15 is 0 Å². The monoisotopic (exact) mass is 398 g/mol. The Morgan fingerprint density at radius 1 is 1.32 bits per heavy atom. The molecule has 1 saturated carbocycles. The fourth-order valence-electron chi connectivity index (χ4n) is 3.78. The molecule has 0 saturated heterocycles. The summed E-state index contributed by atoms with van der Waals surface area (Å²) in [5.41, 5.74) is 3.56. The number of nitrogens with one attached hydrogen (secondary N) is 1. The number of carbonyl (C=O) groups excluding carboxylic acids is 1. The summed E-state index contributed by atoms with van der Waals surface area (Å²) >= 11 is 6.00. The summed E-state index contributed by atoms with van der Waals surface area (Å²) in [4.78, 5) is 25.4. The number of nitrogens with zero attached hydrogens (tertiary/aromatic N) is 3. The average molecular weight is 399 g/mol. The summed E-state index contributed by atoms with van der Waals surface area (Å²) in [7, 11) is 0. The molecule has 1 N–H and O–H groups in total. The van der Waals surface area contributed by atoms with E-state index in [1.165, 1.54) is 4.68 Å². The van der Waals surface area contributed by atoms with Crippen LogP contribution >= 0.6 is 11.6 Å². The maximum atomic E-state index is 12.9. The second kappa shape index (κ2) is 7.09. The van der Waals surface area contributed by atoms with E-state index in [1.807, 2.05) is 39.1 Å². The van der Waals surface area contributed by atoms with Crippen LogP contribution in [0, 0.1) is 13.8 Å². The lowest BCUT2D eigenvalue weighted by Gasteiger charge is -2.17. The SMILES string of the molecule is Cc1cc(Cl)ccc1[C@H](C)NC(=O)Cn1ncc2c(c(C)cn2C2CC2)c1=O. The quantitative estimate of drug-likeness (QED) is 0.712. The van der Waals surface area contributed by atoms with E-state index < -0.39 is 0 Å². The maximum absolute atomic E-state index is 12.9. The smallest absolute Gasteiger partial charge is 0.276 e. The van der Waals surface area contributed by atoms with Crippen molar-refractivity contribution in [2.45, 2.75) is 52.2 Å². The number of fused-ring (bicyclic) bond motifs is 1. The first-order valence-electron chi connectivity index (χ1n) is 9.48. The Hall–Kier alpha value is -2.60. The fraction of sp³-hybridized carbons (Fsp3) is 0.381. The third kappa shape index (κ3) is 3.44. The van der Waals surface area contributed by atoms with E-state index in [1.54, 1.807) is 12.3 Å². The summed E-state index contributed by atoms with van der Waals surface area (Å²) in [6.07, 6.45) is 5.98. The van der Waals surface area contributed by atoms with E-state index in [-0.39, 0.29) is 24.1 Å². The van der Waals surface area contributed by atoms with Gasteiger partial charge in [-0.15, -0.1) is 0 Å². The van der Waals surface area contributed by atoms with Crippen molar-refractivity contribution in [2.24, 2.45) is 0 Å². The number of carbonyl (C=O) groups is 1. The van der Waals surface area contributed by atoms with Crippen LogP contribution in [0.25, 0.3) is 10.9 Å². The molecule has 1 aliphatic rings. The van der Waals surface area contributed by atoms with Crippen molar-refractivity contribution in [3.05, 3.63) is 62.7 Å². The molecule has 1 atom stereocenters. The summed E-state index contributed by atoms with van der Waals surface area (Å²) in [5.74, 6) is -0.255. The zero-order chi connectivity index (χ0) is 20.0. The number of aromatic nitrogens is 3. The number of aryl methyl sites for hydroxylation is 2. The Morgan fingerprint density at radius 3 is 2.75 bits per heavy atom. The highest BCUT2D eigenvalue weighted by Crippen LogP contribution is 2.37. The highest BCUT2D eigenvalue weighted by molar-refractivity contribution is 6.30. The molecule has 1 fully saturated rings. The molecule has 0 aliphatic heterocycles. The Kier molecular flexibility index (Phi) is 4.75. The van der Waals surface area contributed by atoms with Gasteiger partial charge in [0.2, 0.25) is 5.91 Å². The first-order chi connectivity index (χ1) is 13.3. The van der Waals surface area contributed by atoms with Crippen LogP contribution in [0.15, 0.2) is 35.4 Å². The molecular formula is C21H23ClN4O2.